The van der Waals surface area contributed by atoms with Crippen LogP contribution in [0.2, 0.25) is 0 Å². The molecule has 0 unspecified atom stereocenters. The van der Waals surface area contributed by atoms with E-state index in [-0.39, 0.29) is 42.1 Å². The topological polar surface area (TPSA) is 331 Å². The third kappa shape index (κ3) is 17.8. The van der Waals surface area contributed by atoms with Crippen molar-refractivity contribution in [2.75, 3.05) is 5.32 Å². The molecule has 4 atom stereocenters. The molecular formula is C104H94IN17O9. The maximum atomic E-state index is 11.4. The molecule has 21 rings (SSSR count). The number of carboxylic acids is 2. The fourth-order valence-corrected chi connectivity index (χ4v) is 18.7. The average Bonchev–Trinajstić information content (AvgIpc) is 1.75. The number of aryl methyl sites for hydroxylation is 8. The second-order valence-corrected chi connectivity index (χ2v) is 34.7. The molecule has 2 aliphatic carbocycles. The number of hydrogen-bond acceptors (Lipinski definition) is 19. The van der Waals surface area contributed by atoms with Crippen molar-refractivity contribution >= 4 is 90.3 Å². The number of aromatic nitrogens is 16. The fraction of sp³-hybridized carbons (Fsp3) is 0.221. The van der Waals surface area contributed by atoms with Crippen molar-refractivity contribution in [3.05, 3.63) is 328 Å². The third-order valence-corrected chi connectivity index (χ3v) is 25.3. The van der Waals surface area contributed by atoms with E-state index in [9.17, 15) is 19.5 Å². The van der Waals surface area contributed by atoms with Gasteiger partial charge in [0.1, 0.15) is 28.6 Å². The highest BCUT2D eigenvalue weighted by Gasteiger charge is 2.38. The second kappa shape index (κ2) is 37.0. The number of amides is 1. The molecule has 3 aromatic carbocycles. The molecule has 2 fully saturated rings. The van der Waals surface area contributed by atoms with Crippen LogP contribution in [0.4, 0.5) is 5.69 Å². The maximum absolute atomic E-state index is 11.4. The molecule has 0 saturated heterocycles. The molecule has 2 aliphatic rings. The Balaban J connectivity index is 0.000000118. The van der Waals surface area contributed by atoms with E-state index in [2.05, 4.69) is 163 Å². The molecule has 131 heavy (non-hydrogen) atoms. The summed E-state index contributed by atoms with van der Waals surface area (Å²) in [5.41, 5.74) is 30.8. The van der Waals surface area contributed by atoms with E-state index in [4.69, 9.17) is 48.1 Å². The standard InChI is InChI=1S/C28H24N4O3.C28H26N4O3.C27H25N5O2.C21H19IN4O/c1-16-25(17(2)35-31-16)21-13-24-26(30-14-21)22(18-6-10-20(11-7-18)28(33)34)15-32(24)27(19-8-9-19)23-5-3-4-12-29-23;1-4-24(23-7-5-6-12-29-23)32-16-22(20-10-8-19(9-11-20)13-26(33)34)28-25(32)14-21(15-30-28)27-17(2)31-35-18(27)3;1-16-26(18(3)34-31-16)21-13-25-27(29-14-21)23(20-8-10-22(11-9-20)30-19(4)33)15-32(25)17(2)24-7-5-6-12-28-24;1-12-19(13(2)27-25-12)15-9-18-20(24-10-15)16(22)11-26(18)21(14-6-7-14)17-5-3-4-8-23-17/h3-7,10-15,19,27H,8-9H2,1-2H3,(H,33,34);5-12,14-16,24H,4,13H2,1-3H3,(H,33,34);5-15,17H,1-4H3,(H,30,33);3-5,8-11,14,21H,6-7H2,1-2H3/t27-;24-;17-;21-/m1000/s1. The van der Waals surface area contributed by atoms with Gasteiger partial charge in [0.15, 0.2) is 0 Å². The van der Waals surface area contributed by atoms with Crippen molar-refractivity contribution in [1.82, 2.24) is 78.8 Å². The molecule has 19 aromatic rings. The van der Waals surface area contributed by atoms with Gasteiger partial charge in [0.05, 0.1) is 124 Å². The van der Waals surface area contributed by atoms with Gasteiger partial charge >= 0.3 is 11.9 Å². The monoisotopic (exact) mass is 1850 g/mol. The lowest BCUT2D eigenvalue weighted by Crippen LogP contribution is -2.13. The first-order valence-electron chi connectivity index (χ1n) is 43.6. The van der Waals surface area contributed by atoms with Crippen molar-refractivity contribution in [1.29, 1.82) is 0 Å². The van der Waals surface area contributed by atoms with Gasteiger partial charge < -0.3 is 51.9 Å². The van der Waals surface area contributed by atoms with Gasteiger partial charge in [-0.3, -0.25) is 49.5 Å². The fourth-order valence-electron chi connectivity index (χ4n) is 18.0. The highest BCUT2D eigenvalue weighted by Crippen LogP contribution is 2.49. The van der Waals surface area contributed by atoms with Gasteiger partial charge in [-0.15, -0.1) is 0 Å². The van der Waals surface area contributed by atoms with E-state index in [0.717, 1.165) is 225 Å². The highest BCUT2D eigenvalue weighted by molar-refractivity contribution is 14.1. The smallest absolute Gasteiger partial charge is 0.335 e. The number of aromatic carboxylic acids is 1. The first-order chi connectivity index (χ1) is 63.5. The van der Waals surface area contributed by atoms with Gasteiger partial charge in [0, 0.05) is 148 Å². The van der Waals surface area contributed by atoms with E-state index in [0.29, 0.717) is 11.8 Å². The van der Waals surface area contributed by atoms with Crippen LogP contribution in [0.1, 0.15) is 162 Å². The molecule has 1 amide bonds. The zero-order valence-electron chi connectivity index (χ0n) is 74.1. The summed E-state index contributed by atoms with van der Waals surface area (Å²) < 4.78 is 31.9. The number of carboxylic acid groups (broad SMARTS) is 2. The van der Waals surface area contributed by atoms with Crippen LogP contribution in [-0.2, 0) is 16.0 Å². The van der Waals surface area contributed by atoms with Crippen molar-refractivity contribution in [2.24, 2.45) is 11.8 Å². The zero-order chi connectivity index (χ0) is 91.0. The largest absolute Gasteiger partial charge is 0.481 e. The summed E-state index contributed by atoms with van der Waals surface area (Å²) in [5, 5.41) is 37.7. The van der Waals surface area contributed by atoms with Crippen molar-refractivity contribution in [3.8, 4) is 77.9 Å². The van der Waals surface area contributed by atoms with E-state index < -0.39 is 11.9 Å². The summed E-state index contributed by atoms with van der Waals surface area (Å²) >= 11 is 2.38. The number of carbonyl (C=O) groups excluding carboxylic acids is 1. The minimum atomic E-state index is -0.940. The molecule has 27 heteroatoms. The van der Waals surface area contributed by atoms with Crippen LogP contribution in [0.5, 0.6) is 0 Å². The second-order valence-electron chi connectivity index (χ2n) is 33.5. The van der Waals surface area contributed by atoms with Crippen LogP contribution in [0.3, 0.4) is 0 Å². The molecule has 0 spiro atoms. The molecule has 0 aliphatic heterocycles. The van der Waals surface area contributed by atoms with Crippen molar-refractivity contribution < 1.29 is 42.7 Å². The lowest BCUT2D eigenvalue weighted by atomic mass is 10.0. The quantitative estimate of drug-likeness (QED) is 0.0531. The van der Waals surface area contributed by atoms with Crippen LogP contribution in [-0.4, -0.2) is 107 Å². The lowest BCUT2D eigenvalue weighted by molar-refractivity contribution is -0.136. The minimum absolute atomic E-state index is 0.00132. The zero-order valence-corrected chi connectivity index (χ0v) is 76.2. The molecule has 0 bridgehead atoms. The van der Waals surface area contributed by atoms with Gasteiger partial charge in [-0.2, -0.15) is 0 Å². The number of rotatable bonds is 22. The molecule has 2 saturated carbocycles. The van der Waals surface area contributed by atoms with Crippen LogP contribution in [0, 0.1) is 70.8 Å². The number of benzene rings is 3. The van der Waals surface area contributed by atoms with E-state index in [1.807, 2.05) is 220 Å². The first kappa shape index (κ1) is 86.7. The Hall–Kier alpha value is -15.0. The summed E-state index contributed by atoms with van der Waals surface area (Å²) in [6, 6.07) is 55.6. The first-order valence-corrected chi connectivity index (χ1v) is 44.7. The minimum Gasteiger partial charge on any atom is -0.481 e. The van der Waals surface area contributed by atoms with Crippen LogP contribution in [0.25, 0.3) is 122 Å². The molecular weight excluding hydrogens is 1760 g/mol. The molecule has 26 nitrogen and oxygen atoms in total. The number of nitrogens with one attached hydrogen (secondary N) is 1. The summed E-state index contributed by atoms with van der Waals surface area (Å²) in [5.74, 6) is 2.37. The van der Waals surface area contributed by atoms with Crippen LogP contribution < -0.4 is 5.32 Å². The van der Waals surface area contributed by atoms with E-state index >= 15 is 0 Å². The Morgan fingerprint density at radius 1 is 0.420 bits per heavy atom. The van der Waals surface area contributed by atoms with Gasteiger partial charge in [0.2, 0.25) is 5.91 Å². The number of nitrogens with zero attached hydrogens (tertiary/aromatic N) is 16. The summed E-state index contributed by atoms with van der Waals surface area (Å²) in [6.45, 7) is 21.2. The maximum Gasteiger partial charge on any atom is 0.335 e. The Labute approximate surface area is 768 Å². The molecule has 16 aromatic heterocycles. The number of aliphatic carboxylic acids is 1. The number of hydrogen-bond donors (Lipinski definition) is 3. The van der Waals surface area contributed by atoms with E-state index in [1.165, 1.54) is 19.8 Å². The summed E-state index contributed by atoms with van der Waals surface area (Å²) in [7, 11) is 0. The normalized spacial score (nSPS) is 13.4. The Morgan fingerprint density at radius 3 is 1.14 bits per heavy atom. The number of carbonyl (C=O) groups is 3. The molecule has 3 N–H and O–H groups in total. The van der Waals surface area contributed by atoms with Crippen LogP contribution in [0.15, 0.2) is 262 Å². The summed E-state index contributed by atoms with van der Waals surface area (Å²) in [4.78, 5) is 71.9. The van der Waals surface area contributed by atoms with E-state index in [1.54, 1.807) is 12.1 Å². The summed E-state index contributed by atoms with van der Waals surface area (Å²) in [6.07, 6.45) is 29.1. The Morgan fingerprint density at radius 2 is 0.771 bits per heavy atom. The van der Waals surface area contributed by atoms with Gasteiger partial charge in [-0.05, 0) is 248 Å². The number of halogens is 1. The molecule has 0 radical (unpaired) electrons. The number of fused-ring (bicyclic) bond motifs is 4. The van der Waals surface area contributed by atoms with Crippen molar-refractivity contribution in [3.63, 3.8) is 0 Å². The molecule has 16 heterocycles. The Bertz CT molecular complexity index is 7340. The van der Waals surface area contributed by atoms with Crippen LogP contribution >= 0.6 is 22.6 Å². The predicted molar refractivity (Wildman–Crippen MR) is 511 cm³/mol. The number of pyridine rings is 8. The highest BCUT2D eigenvalue weighted by atomic mass is 127. The van der Waals surface area contributed by atoms with Gasteiger partial charge in [-0.1, -0.05) is 100 Å². The SMILES string of the molecule is CC(=O)Nc1ccc(-c2cn([C@@H](C)c3ccccn3)c3cc(-c4c(C)noc4C)cnc23)cc1.CC[C@@H](c1ccccn1)n1cc(-c2ccc(CC(=O)O)cc2)c2ncc(-c3c(C)noc3C)cc21.Cc1noc(C)c1-c1cnc2c(-c3ccc(C(=O)O)cc3)cn([C@@H](c3ccccn3)C3CC3)c2c1.Cc1noc(C)c1-c1cnc2c(I)cn([C@H](c3ccccn3)C3CC3)c2c1. The van der Waals surface area contributed by atoms with Gasteiger partial charge in [-0.25, -0.2) is 4.79 Å². The lowest BCUT2D eigenvalue weighted by Gasteiger charge is -2.19. The molecule has 656 valence electrons. The number of anilines is 1. The third-order valence-electron chi connectivity index (χ3n) is 24.5. The van der Waals surface area contributed by atoms with Crippen molar-refractivity contribution in [2.45, 2.75) is 139 Å². The average molecular weight is 1850 g/mol. The predicted octanol–water partition coefficient (Wildman–Crippen LogP) is 23.3. The van der Waals surface area contributed by atoms with Gasteiger partial charge in [0.25, 0.3) is 0 Å². The Kier molecular flexibility index (Phi) is 24.5.